The molecular weight excluding hydrogens is 711 g/mol. The predicted octanol–water partition coefficient (Wildman–Crippen LogP) is 3.43. The number of rotatable bonds is 11. The molecule has 2 aromatic rings. The maximum atomic E-state index is 14.5. The van der Waals surface area contributed by atoms with Crippen LogP contribution in [-0.2, 0) is 10.2 Å². The standard InChI is InChI=1S/C35H53FN10O4S.ClH/c1-23(2)46(24(3)4)33(47)29-16-26(36)6-7-30(29)50-32-31(39-34(37-5)41-40-32)43-21-35(22-43)10-14-42(15-11-35)19-25-8-12-44(13-9-25)51(48,49)45-20-27-17-28(45)18-38-27;/h6-7,16,23-25,27-28,38H,8-15,17-22H2,1-5H3,(H,37,39,41);1H/t27-,28-;/m0./s1. The van der Waals surface area contributed by atoms with Crippen LogP contribution in [0.15, 0.2) is 18.2 Å². The van der Waals surface area contributed by atoms with Crippen LogP contribution in [0.3, 0.4) is 0 Å². The van der Waals surface area contributed by atoms with Crippen molar-refractivity contribution in [2.45, 2.75) is 84.0 Å². The number of anilines is 2. The Bertz CT molecular complexity index is 1690. The molecule has 17 heteroatoms. The molecule has 6 heterocycles. The van der Waals surface area contributed by atoms with Gasteiger partial charge in [-0.2, -0.15) is 22.0 Å². The van der Waals surface area contributed by atoms with Crippen LogP contribution in [0.5, 0.6) is 11.6 Å². The molecule has 0 saturated carbocycles. The molecule has 2 N–H and O–H groups in total. The van der Waals surface area contributed by atoms with Crippen molar-refractivity contribution in [3.05, 3.63) is 29.6 Å². The molecule has 1 amide bonds. The lowest BCUT2D eigenvalue weighted by Crippen LogP contribution is -2.61. The number of carbonyl (C=O) groups is 1. The smallest absolute Gasteiger partial charge is 0.282 e. The summed E-state index contributed by atoms with van der Waals surface area (Å²) in [6.45, 7) is 14.9. The minimum atomic E-state index is -3.38. The highest BCUT2D eigenvalue weighted by Crippen LogP contribution is 2.45. The van der Waals surface area contributed by atoms with Crippen LogP contribution in [0, 0.1) is 17.2 Å². The van der Waals surface area contributed by atoms with Crippen molar-refractivity contribution in [2.75, 3.05) is 76.2 Å². The van der Waals surface area contributed by atoms with E-state index >= 15 is 0 Å². The quantitative estimate of drug-likeness (QED) is 0.348. The van der Waals surface area contributed by atoms with Gasteiger partial charge in [-0.05, 0) is 97.0 Å². The number of piperidine rings is 2. The number of fused-ring (bicyclic) bond motifs is 2. The third-order valence-electron chi connectivity index (χ3n) is 11.6. The molecule has 5 fully saturated rings. The number of amides is 1. The number of halogens is 2. The lowest BCUT2D eigenvalue weighted by Gasteiger charge is -2.54. The number of carbonyl (C=O) groups excluding carboxylic acids is 1. The molecule has 52 heavy (non-hydrogen) atoms. The molecule has 1 spiro atoms. The second-order valence-electron chi connectivity index (χ2n) is 15.7. The second kappa shape index (κ2) is 15.5. The van der Waals surface area contributed by atoms with Crippen molar-refractivity contribution < 1.29 is 22.3 Å². The molecule has 1 aromatic heterocycles. The number of nitrogens with zero attached hydrogens (tertiary/aromatic N) is 8. The third-order valence-corrected chi connectivity index (χ3v) is 13.6. The minimum absolute atomic E-state index is 0. The summed E-state index contributed by atoms with van der Waals surface area (Å²) in [7, 11) is -1.65. The molecule has 0 aliphatic carbocycles. The van der Waals surface area contributed by atoms with Crippen LogP contribution in [0.4, 0.5) is 16.2 Å². The molecule has 2 bridgehead atoms. The first-order chi connectivity index (χ1) is 24.4. The molecular formula is C35H54ClFN10O4S. The van der Waals surface area contributed by atoms with Crippen molar-refractivity contribution in [2.24, 2.45) is 11.3 Å². The molecule has 5 aliphatic heterocycles. The predicted molar refractivity (Wildman–Crippen MR) is 200 cm³/mol. The highest BCUT2D eigenvalue weighted by molar-refractivity contribution is 7.86. The van der Waals surface area contributed by atoms with Gasteiger partial charge in [0.05, 0.1) is 5.56 Å². The summed E-state index contributed by atoms with van der Waals surface area (Å²) in [5.41, 5.74) is 0.282. The van der Waals surface area contributed by atoms with E-state index in [2.05, 4.69) is 30.6 Å². The molecule has 5 aliphatic rings. The molecule has 7 rings (SSSR count). The van der Waals surface area contributed by atoms with Crippen LogP contribution in [0.1, 0.15) is 70.2 Å². The monoisotopic (exact) mass is 764 g/mol. The van der Waals surface area contributed by atoms with Crippen molar-refractivity contribution >= 4 is 40.3 Å². The zero-order valence-corrected chi connectivity index (χ0v) is 32.6. The summed E-state index contributed by atoms with van der Waals surface area (Å²) in [4.78, 5) is 24.7. The summed E-state index contributed by atoms with van der Waals surface area (Å²) in [6, 6.07) is 4.19. The van der Waals surface area contributed by atoms with Gasteiger partial charge in [0.25, 0.3) is 22.0 Å². The van der Waals surface area contributed by atoms with Crippen molar-refractivity contribution in [3.8, 4) is 11.6 Å². The van der Waals surface area contributed by atoms with E-state index in [1.165, 1.54) is 18.2 Å². The Morgan fingerprint density at radius 3 is 2.38 bits per heavy atom. The van der Waals surface area contributed by atoms with Crippen LogP contribution < -0.4 is 20.3 Å². The van der Waals surface area contributed by atoms with Gasteiger partial charge in [-0.25, -0.2) is 4.39 Å². The molecule has 2 atom stereocenters. The summed E-state index contributed by atoms with van der Waals surface area (Å²) in [5, 5.41) is 14.8. The maximum absolute atomic E-state index is 14.5. The number of aromatic nitrogens is 3. The van der Waals surface area contributed by atoms with Gasteiger partial charge < -0.3 is 30.1 Å². The average Bonchev–Trinajstić information content (AvgIpc) is 3.74. The summed E-state index contributed by atoms with van der Waals surface area (Å²) >= 11 is 0. The highest BCUT2D eigenvalue weighted by Gasteiger charge is 2.48. The molecule has 288 valence electrons. The zero-order chi connectivity index (χ0) is 36.1. The van der Waals surface area contributed by atoms with Crippen LogP contribution >= 0.6 is 12.4 Å². The van der Waals surface area contributed by atoms with E-state index in [1.807, 2.05) is 27.7 Å². The largest absolute Gasteiger partial charge is 0.434 e. The lowest BCUT2D eigenvalue weighted by atomic mass is 9.72. The van der Waals surface area contributed by atoms with Crippen LogP contribution in [-0.4, -0.2) is 138 Å². The first kappa shape index (κ1) is 38.8. The van der Waals surface area contributed by atoms with Crippen molar-refractivity contribution in [1.82, 2.24) is 38.9 Å². The Morgan fingerprint density at radius 2 is 1.79 bits per heavy atom. The number of benzene rings is 1. The highest BCUT2D eigenvalue weighted by atomic mass is 35.5. The minimum Gasteiger partial charge on any atom is -0.434 e. The fraction of sp³-hybridized carbons (Fsp3) is 0.714. The Morgan fingerprint density at radius 1 is 1.10 bits per heavy atom. The van der Waals surface area contributed by atoms with Gasteiger partial charge in [-0.1, -0.05) is 0 Å². The topological polar surface area (TPSA) is 139 Å². The Labute approximate surface area is 313 Å². The number of hydrogen-bond acceptors (Lipinski definition) is 11. The molecule has 14 nitrogen and oxygen atoms in total. The van der Waals surface area contributed by atoms with E-state index in [0.717, 1.165) is 71.4 Å². The molecule has 5 saturated heterocycles. The Hall–Kier alpha value is -2.89. The van der Waals surface area contributed by atoms with Gasteiger partial charge in [-0.15, -0.1) is 22.6 Å². The number of ether oxygens (including phenoxy) is 1. The van der Waals surface area contributed by atoms with E-state index in [9.17, 15) is 17.6 Å². The summed E-state index contributed by atoms with van der Waals surface area (Å²) in [5.74, 6) is 0.931. The number of likely N-dealkylation sites (tertiary alicyclic amines) is 1. The Balaban J connectivity index is 0.00000464. The second-order valence-corrected chi connectivity index (χ2v) is 17.6. The summed E-state index contributed by atoms with van der Waals surface area (Å²) < 4.78 is 50.9. The van der Waals surface area contributed by atoms with E-state index in [0.29, 0.717) is 43.4 Å². The van der Waals surface area contributed by atoms with E-state index in [4.69, 9.17) is 9.72 Å². The first-order valence-corrected chi connectivity index (χ1v) is 20.0. The first-order valence-electron chi connectivity index (χ1n) is 18.6. The van der Waals surface area contributed by atoms with Gasteiger partial charge in [0.2, 0.25) is 5.95 Å². The Kier molecular flexibility index (Phi) is 11.5. The van der Waals surface area contributed by atoms with Gasteiger partial charge in [0.15, 0.2) is 5.82 Å². The van der Waals surface area contributed by atoms with Gasteiger partial charge in [0.1, 0.15) is 11.6 Å². The SMILES string of the molecule is CNc1nnc(Oc2ccc(F)cc2C(=O)N(C(C)C)C(C)C)c(N2CC3(CCN(CC4CCN(S(=O)(=O)N5C[C@@H]6C[C@H]5CN6)CC4)CC3)C2)n1.Cl. The molecule has 0 unspecified atom stereocenters. The van der Waals surface area contributed by atoms with E-state index in [-0.39, 0.29) is 59.0 Å². The van der Waals surface area contributed by atoms with Gasteiger partial charge in [-0.3, -0.25) is 4.79 Å². The third kappa shape index (κ3) is 7.69. The average molecular weight is 765 g/mol. The normalized spacial score (nSPS) is 24.0. The van der Waals surface area contributed by atoms with Crippen molar-refractivity contribution in [1.29, 1.82) is 0 Å². The lowest BCUT2D eigenvalue weighted by molar-refractivity contribution is 0.0606. The van der Waals surface area contributed by atoms with Crippen LogP contribution in [0.25, 0.3) is 0 Å². The van der Waals surface area contributed by atoms with Crippen molar-refractivity contribution in [3.63, 3.8) is 0 Å². The number of nitrogens with one attached hydrogen (secondary N) is 2. The van der Waals surface area contributed by atoms with E-state index < -0.39 is 16.0 Å². The maximum Gasteiger partial charge on any atom is 0.282 e. The molecule has 1 aromatic carbocycles. The summed E-state index contributed by atoms with van der Waals surface area (Å²) in [6.07, 6.45) is 4.86. The van der Waals surface area contributed by atoms with E-state index in [1.54, 1.807) is 20.6 Å². The number of hydrogen-bond donors (Lipinski definition) is 2. The number of piperazine rings is 1. The van der Waals surface area contributed by atoms with Gasteiger partial charge >= 0.3 is 0 Å². The van der Waals surface area contributed by atoms with Crippen LogP contribution in [0.2, 0.25) is 0 Å². The van der Waals surface area contributed by atoms with Gasteiger partial charge in [0, 0.05) is 82.4 Å². The zero-order valence-electron chi connectivity index (χ0n) is 30.9. The molecule has 0 radical (unpaired) electrons. The fourth-order valence-corrected chi connectivity index (χ4v) is 10.7. The fourth-order valence-electron chi connectivity index (χ4n) is 8.83.